The van der Waals surface area contributed by atoms with E-state index in [-0.39, 0.29) is 29.5 Å². The molecule has 0 aromatic heterocycles. The zero-order valence-electron chi connectivity index (χ0n) is 16.5. The van der Waals surface area contributed by atoms with E-state index in [0.29, 0.717) is 31.3 Å². The van der Waals surface area contributed by atoms with Crippen LogP contribution < -0.4 is 5.32 Å². The number of benzene rings is 1. The lowest BCUT2D eigenvalue weighted by molar-refractivity contribution is -0.133. The minimum absolute atomic E-state index is 0.0100. The normalized spacial score (nSPS) is 33.2. The summed E-state index contributed by atoms with van der Waals surface area (Å²) in [6.07, 6.45) is 4.37. The van der Waals surface area contributed by atoms with Crippen molar-refractivity contribution in [3.63, 3.8) is 0 Å². The molecule has 5 heteroatoms. The van der Waals surface area contributed by atoms with E-state index in [4.69, 9.17) is 4.74 Å². The molecule has 2 amide bonds. The zero-order chi connectivity index (χ0) is 19.2. The van der Waals surface area contributed by atoms with Crippen molar-refractivity contribution >= 4 is 12.0 Å². The Morgan fingerprint density at radius 3 is 2.52 bits per heavy atom. The molecule has 2 saturated carbocycles. The van der Waals surface area contributed by atoms with Gasteiger partial charge in [-0.25, -0.2) is 4.79 Å². The van der Waals surface area contributed by atoms with Gasteiger partial charge in [0.2, 0.25) is 5.91 Å². The van der Waals surface area contributed by atoms with Crippen molar-refractivity contribution in [2.24, 2.45) is 5.92 Å². The van der Waals surface area contributed by atoms with Crippen molar-refractivity contribution < 1.29 is 14.3 Å². The van der Waals surface area contributed by atoms with Crippen LogP contribution in [0.2, 0.25) is 0 Å². The Labute approximate surface area is 161 Å². The molecule has 27 heavy (non-hydrogen) atoms. The van der Waals surface area contributed by atoms with Gasteiger partial charge in [-0.3, -0.25) is 4.79 Å². The number of carbonyl (C=O) groups excluding carboxylic acids is 2. The Hall–Kier alpha value is -2.04. The molecule has 1 heterocycles. The van der Waals surface area contributed by atoms with Crippen molar-refractivity contribution in [2.45, 2.75) is 69.4 Å². The van der Waals surface area contributed by atoms with E-state index in [1.165, 1.54) is 11.1 Å². The molecule has 4 rings (SSSR count). The van der Waals surface area contributed by atoms with Gasteiger partial charge in [0, 0.05) is 19.0 Å². The average Bonchev–Trinajstić information content (AvgIpc) is 2.91. The second-order valence-corrected chi connectivity index (χ2v) is 8.79. The maximum atomic E-state index is 12.5. The minimum Gasteiger partial charge on any atom is -0.447 e. The molecule has 1 N–H and O–H groups in total. The van der Waals surface area contributed by atoms with Gasteiger partial charge in [0.15, 0.2) is 0 Å². The maximum absolute atomic E-state index is 12.5. The fraction of sp³-hybridized carbons (Fsp3) is 0.636. The first-order valence-corrected chi connectivity index (χ1v) is 10.2. The molecule has 146 valence electrons. The van der Waals surface area contributed by atoms with Crippen LogP contribution in [-0.4, -0.2) is 42.1 Å². The van der Waals surface area contributed by atoms with Gasteiger partial charge in [0.25, 0.3) is 0 Å². The van der Waals surface area contributed by atoms with Crippen LogP contribution in [0, 0.1) is 5.92 Å². The number of hydrogen-bond donors (Lipinski definition) is 1. The van der Waals surface area contributed by atoms with E-state index >= 15 is 0 Å². The first-order chi connectivity index (χ1) is 12.9. The SMILES string of the molecule is CCC(C)c1ccc(C2CC(NC(=O)C3CC4(COC(=O)N4C)C3)C2)cc1. The number of hydrogen-bond acceptors (Lipinski definition) is 3. The van der Waals surface area contributed by atoms with Gasteiger partial charge >= 0.3 is 6.09 Å². The van der Waals surface area contributed by atoms with Gasteiger partial charge in [0.1, 0.15) is 6.61 Å². The summed E-state index contributed by atoms with van der Waals surface area (Å²) in [4.78, 5) is 25.7. The number of rotatable bonds is 5. The Balaban J connectivity index is 1.23. The molecule has 3 aliphatic rings. The van der Waals surface area contributed by atoms with E-state index in [9.17, 15) is 9.59 Å². The highest BCUT2D eigenvalue weighted by Gasteiger charge is 2.56. The van der Waals surface area contributed by atoms with Gasteiger partial charge in [-0.15, -0.1) is 0 Å². The minimum atomic E-state index is -0.268. The molecule has 0 bridgehead atoms. The maximum Gasteiger partial charge on any atom is 0.410 e. The van der Waals surface area contributed by atoms with Gasteiger partial charge < -0.3 is 15.0 Å². The lowest BCUT2D eigenvalue weighted by Crippen LogP contribution is -2.59. The number of carbonyl (C=O) groups is 2. The summed E-state index contributed by atoms with van der Waals surface area (Å²) in [5.74, 6) is 1.32. The molecule has 1 spiro atoms. The molecule has 1 atom stereocenters. The molecule has 2 aliphatic carbocycles. The average molecular weight is 370 g/mol. The van der Waals surface area contributed by atoms with E-state index in [0.717, 1.165) is 19.3 Å². The summed E-state index contributed by atoms with van der Waals surface area (Å²) in [5.41, 5.74) is 2.56. The predicted molar refractivity (Wildman–Crippen MR) is 104 cm³/mol. The molecular formula is C22H30N2O3. The lowest BCUT2D eigenvalue weighted by Gasteiger charge is -2.47. The highest BCUT2D eigenvalue weighted by molar-refractivity contribution is 5.81. The van der Waals surface area contributed by atoms with Crippen molar-refractivity contribution in [1.82, 2.24) is 10.2 Å². The number of likely N-dealkylation sites (N-methyl/N-ethyl adjacent to an activating group) is 1. The van der Waals surface area contributed by atoms with Crippen LogP contribution >= 0.6 is 0 Å². The zero-order valence-corrected chi connectivity index (χ0v) is 16.5. The number of cyclic esters (lactones) is 1. The summed E-state index contributed by atoms with van der Waals surface area (Å²) in [6, 6.07) is 9.31. The third kappa shape index (κ3) is 3.21. The largest absolute Gasteiger partial charge is 0.447 e. The fourth-order valence-corrected chi connectivity index (χ4v) is 4.68. The molecule has 0 radical (unpaired) electrons. The third-order valence-electron chi connectivity index (χ3n) is 7.15. The van der Waals surface area contributed by atoms with Gasteiger partial charge in [-0.05, 0) is 55.1 Å². The Bertz CT molecular complexity index is 718. The third-order valence-corrected chi connectivity index (χ3v) is 7.15. The Morgan fingerprint density at radius 2 is 1.96 bits per heavy atom. The highest BCUT2D eigenvalue weighted by atomic mass is 16.6. The van der Waals surface area contributed by atoms with Crippen LogP contribution in [0.3, 0.4) is 0 Å². The molecule has 5 nitrogen and oxygen atoms in total. The van der Waals surface area contributed by atoms with Gasteiger partial charge in [-0.2, -0.15) is 0 Å². The Kier molecular flexibility index (Phi) is 4.65. The number of nitrogens with one attached hydrogen (secondary N) is 1. The van der Waals surface area contributed by atoms with Crippen LogP contribution in [0.5, 0.6) is 0 Å². The number of nitrogens with zero attached hydrogens (tertiary/aromatic N) is 1. The standard InChI is InChI=1S/C22H30N2O3/c1-4-14(2)15-5-7-16(8-6-15)17-9-19(10-17)23-20(25)18-11-22(12-18)13-27-21(26)24(22)3/h5-8,14,17-19H,4,9-13H2,1-3H3,(H,23,25). The van der Waals surface area contributed by atoms with Crippen molar-refractivity contribution in [3.05, 3.63) is 35.4 Å². The molecule has 1 aliphatic heterocycles. The van der Waals surface area contributed by atoms with Crippen LogP contribution in [-0.2, 0) is 9.53 Å². The number of amides is 2. The lowest BCUT2D eigenvalue weighted by atomic mass is 9.67. The van der Waals surface area contributed by atoms with E-state index in [2.05, 4.69) is 43.4 Å². The smallest absolute Gasteiger partial charge is 0.410 e. The van der Waals surface area contributed by atoms with Crippen LogP contribution in [0.1, 0.15) is 68.9 Å². The fourth-order valence-electron chi connectivity index (χ4n) is 4.68. The molecule has 1 aromatic rings. The second kappa shape index (κ2) is 6.84. The van der Waals surface area contributed by atoms with Crippen molar-refractivity contribution in [1.29, 1.82) is 0 Å². The quantitative estimate of drug-likeness (QED) is 0.858. The highest BCUT2D eigenvalue weighted by Crippen LogP contribution is 2.46. The summed E-state index contributed by atoms with van der Waals surface area (Å²) in [5, 5.41) is 3.21. The summed E-state index contributed by atoms with van der Waals surface area (Å²) in [6.45, 7) is 4.90. The van der Waals surface area contributed by atoms with E-state index in [1.807, 2.05) is 0 Å². The van der Waals surface area contributed by atoms with Crippen LogP contribution in [0.4, 0.5) is 4.79 Å². The molecule has 1 unspecified atom stereocenters. The summed E-state index contributed by atoms with van der Waals surface area (Å²) < 4.78 is 5.11. The van der Waals surface area contributed by atoms with Crippen LogP contribution in [0.15, 0.2) is 24.3 Å². The van der Waals surface area contributed by atoms with E-state index in [1.54, 1.807) is 11.9 Å². The van der Waals surface area contributed by atoms with Crippen LogP contribution in [0.25, 0.3) is 0 Å². The topological polar surface area (TPSA) is 58.6 Å². The van der Waals surface area contributed by atoms with Gasteiger partial charge in [-0.1, -0.05) is 38.1 Å². The predicted octanol–water partition coefficient (Wildman–Crippen LogP) is 3.79. The monoisotopic (exact) mass is 370 g/mol. The first kappa shape index (κ1) is 18.3. The van der Waals surface area contributed by atoms with E-state index < -0.39 is 0 Å². The molecular weight excluding hydrogens is 340 g/mol. The first-order valence-electron chi connectivity index (χ1n) is 10.2. The molecule has 1 saturated heterocycles. The van der Waals surface area contributed by atoms with Crippen molar-refractivity contribution in [3.8, 4) is 0 Å². The summed E-state index contributed by atoms with van der Waals surface area (Å²) in [7, 11) is 1.77. The van der Waals surface area contributed by atoms with Crippen molar-refractivity contribution in [2.75, 3.05) is 13.7 Å². The second-order valence-electron chi connectivity index (χ2n) is 8.79. The molecule has 1 aromatic carbocycles. The number of ether oxygens (including phenoxy) is 1. The summed E-state index contributed by atoms with van der Waals surface area (Å²) >= 11 is 0. The molecule has 3 fully saturated rings. The Morgan fingerprint density at radius 1 is 1.30 bits per heavy atom. The van der Waals surface area contributed by atoms with Gasteiger partial charge in [0.05, 0.1) is 5.54 Å².